The van der Waals surface area contributed by atoms with E-state index in [1.807, 2.05) is 5.48 Å². The fourth-order valence-electron chi connectivity index (χ4n) is 5.99. The molecule has 0 amide bonds. The van der Waals surface area contributed by atoms with Gasteiger partial charge in [0.05, 0.1) is 6.61 Å². The highest BCUT2D eigenvalue weighted by Crippen LogP contribution is 2.65. The predicted octanol–water partition coefficient (Wildman–Crippen LogP) is 16.3. The van der Waals surface area contributed by atoms with E-state index in [0.717, 1.165) is 0 Å². The Labute approximate surface area is 390 Å². The van der Waals surface area contributed by atoms with Gasteiger partial charge in [0, 0.05) is 25.0 Å². The smallest absolute Gasteiger partial charge is 0.413 e. The Morgan fingerprint density at radius 1 is 0.387 bits per heavy atom. The van der Waals surface area contributed by atoms with Crippen molar-refractivity contribution in [1.82, 2.24) is 5.48 Å². The van der Waals surface area contributed by atoms with Crippen molar-refractivity contribution in [2.24, 2.45) is 0 Å². The van der Waals surface area contributed by atoms with E-state index in [9.17, 15) is 145 Å². The van der Waals surface area contributed by atoms with Crippen molar-refractivity contribution >= 4 is 8.32 Å². The molecular weight excluding hydrogens is 1200 g/mol. The third-order valence-corrected chi connectivity index (χ3v) is 15.0. The minimum absolute atomic E-state index is 0.0521. The summed E-state index contributed by atoms with van der Waals surface area (Å²) in [6, 6.07) is -10.4. The van der Waals surface area contributed by atoms with Crippen molar-refractivity contribution in [3.8, 4) is 0 Å². The summed E-state index contributed by atoms with van der Waals surface area (Å²) in [4.78, 5) is 4.74. The Morgan fingerprint density at radius 3 is 0.827 bits per heavy atom. The number of halogens is 39. The number of nitrogens with one attached hydrogen (secondary N) is 1. The summed E-state index contributed by atoms with van der Waals surface area (Å²) >= 11 is 0. The largest absolute Gasteiger partial charge is 0.460 e. The normalized spacial score (nSPS) is 19.2. The van der Waals surface area contributed by atoms with Gasteiger partial charge in [0.1, 0.15) is 5.60 Å². The molecule has 1 rings (SSSR count). The molecule has 75 heavy (non-hydrogen) atoms. The summed E-state index contributed by atoms with van der Waals surface area (Å²) in [5, 5.41) is 0. The van der Waals surface area contributed by atoms with E-state index in [1.165, 1.54) is 6.92 Å². The Bertz CT molecular complexity index is 1810. The van der Waals surface area contributed by atoms with Crippen LogP contribution in [0.3, 0.4) is 0 Å². The van der Waals surface area contributed by atoms with Crippen LogP contribution in [-0.2, 0) is 9.26 Å². The number of alkyl halides is 39. The van der Waals surface area contributed by atoms with E-state index in [0.29, 0.717) is 13.0 Å². The van der Waals surface area contributed by atoms with Crippen LogP contribution in [0.5, 0.6) is 0 Å². The molecule has 0 saturated carbocycles. The maximum absolute atomic E-state index is 15.1. The molecule has 1 N–H and O–H groups in total. The van der Waals surface area contributed by atoms with Crippen molar-refractivity contribution in [3.05, 3.63) is 11.8 Å². The van der Waals surface area contributed by atoms with Crippen LogP contribution in [0.4, 0.5) is 171 Å². The summed E-state index contributed by atoms with van der Waals surface area (Å²) in [6.45, 7) is -0.507. The monoisotopic (exact) mass is 1230 g/mol. The lowest BCUT2D eigenvalue weighted by molar-refractivity contribution is -0.440. The molecule has 1 aliphatic rings. The minimum Gasteiger partial charge on any atom is -0.413 e. The van der Waals surface area contributed by atoms with Gasteiger partial charge in [-0.05, 0) is 37.6 Å². The lowest BCUT2D eigenvalue weighted by atomic mass is 9.93. The predicted molar refractivity (Wildman–Crippen MR) is 168 cm³/mol. The lowest BCUT2D eigenvalue weighted by Gasteiger charge is -2.43. The molecule has 1 atom stereocenters. The SMILES string of the molecule is CCCC1=CC(C)(CO[Si](CCC(F)(F)C(F)(F)C(F)(F)C(F)(F)C(F)(F)C(F)(F)F)(CCC(F)(F)C(F)(F)C(F)(F)C(F)(F)C(F)(F)C(F)(F)F)CCC(F)(F)C(F)(F)C(F)(F)C(F)(F)C(F)(F)C(F)(F)F)ON1. The average molecular weight is 1230 g/mol. The summed E-state index contributed by atoms with van der Waals surface area (Å²) in [5.41, 5.74) is -1.29. The maximum Gasteiger partial charge on any atom is 0.460 e. The molecule has 0 radical (unpaired) electrons. The second kappa shape index (κ2) is 19.6. The quantitative estimate of drug-likeness (QED) is 0.0692. The first-order chi connectivity index (χ1) is 32.2. The van der Waals surface area contributed by atoms with Gasteiger partial charge in [0.25, 0.3) is 0 Å². The zero-order valence-electron chi connectivity index (χ0n) is 35.5. The van der Waals surface area contributed by atoms with Crippen molar-refractivity contribution in [2.75, 3.05) is 6.61 Å². The van der Waals surface area contributed by atoms with Crippen molar-refractivity contribution in [3.63, 3.8) is 0 Å². The van der Waals surface area contributed by atoms with E-state index in [2.05, 4.69) is 4.43 Å². The van der Waals surface area contributed by atoms with Crippen molar-refractivity contribution in [1.29, 1.82) is 0 Å². The number of hydroxylamine groups is 1. The average Bonchev–Trinajstić information content (AvgIpc) is 3.58. The molecule has 3 nitrogen and oxygen atoms in total. The first-order valence-electron chi connectivity index (χ1n) is 18.9. The van der Waals surface area contributed by atoms with Gasteiger partial charge in [0.15, 0.2) is 8.32 Å². The first kappa shape index (κ1) is 70.0. The molecule has 0 aliphatic carbocycles. The molecule has 0 fully saturated rings. The molecule has 1 heterocycles. The van der Waals surface area contributed by atoms with Crippen molar-refractivity contribution in [2.45, 2.75) is 177 Å². The third-order valence-electron chi connectivity index (χ3n) is 10.8. The fraction of sp³-hybridized carbons (Fsp3) is 0.938. The minimum atomic E-state index is -8.92. The summed E-state index contributed by atoms with van der Waals surface area (Å²) in [7, 11) is -7.39. The molecular formula is C32H26F39NO2Si. The number of hydrogen-bond donors (Lipinski definition) is 1. The van der Waals surface area contributed by atoms with Gasteiger partial charge in [0.2, 0.25) is 0 Å². The van der Waals surface area contributed by atoms with Crippen LogP contribution >= 0.6 is 0 Å². The number of rotatable bonds is 26. The van der Waals surface area contributed by atoms with Crippen LogP contribution in [0.25, 0.3) is 0 Å². The van der Waals surface area contributed by atoms with Crippen LogP contribution in [-0.4, -0.2) is 128 Å². The Kier molecular flexibility index (Phi) is 18.3. The molecule has 0 aromatic carbocycles. The standard InChI is InChI=1S/C32H26F39NO2Si/c1-3-4-13-11-14(2,74-72-13)12-73-75(8-5-15(33,34)18(39,40)21(45,46)24(51,52)27(57,58)30(63,64)65,9-6-16(35,36)19(41,42)22(47,48)25(53,54)28(59,60)31(66,67)68)10-7-17(37,38)20(43,44)23(49,50)26(55,56)29(61,62)32(69,70)71/h11,72H,3-10,12H2,1-2H3. The maximum atomic E-state index is 15.1. The lowest BCUT2D eigenvalue weighted by Crippen LogP contribution is -2.70. The van der Waals surface area contributed by atoms with E-state index < -0.39 is 165 Å². The highest BCUT2D eigenvalue weighted by molar-refractivity contribution is 6.73. The molecule has 1 aliphatic heterocycles. The molecule has 1 unspecified atom stereocenters. The first-order valence-corrected chi connectivity index (χ1v) is 21.4. The molecule has 448 valence electrons. The van der Waals surface area contributed by atoms with Crippen LogP contribution in [0.15, 0.2) is 11.8 Å². The van der Waals surface area contributed by atoms with E-state index >= 15 is 26.3 Å². The van der Waals surface area contributed by atoms with Gasteiger partial charge in [-0.3, -0.25) is 10.3 Å². The third kappa shape index (κ3) is 11.1. The van der Waals surface area contributed by atoms with E-state index in [4.69, 9.17) is 4.84 Å². The van der Waals surface area contributed by atoms with Crippen LogP contribution in [0.1, 0.15) is 46.0 Å². The van der Waals surface area contributed by atoms with Gasteiger partial charge in [-0.15, -0.1) is 0 Å². The zero-order chi connectivity index (χ0) is 60.8. The fourth-order valence-corrected chi connectivity index (χ4v) is 10.1. The Balaban J connectivity index is 4.48. The molecule has 0 spiro atoms. The molecule has 0 aromatic heterocycles. The van der Waals surface area contributed by atoms with Gasteiger partial charge in [-0.25, -0.2) is 0 Å². The topological polar surface area (TPSA) is 30.5 Å². The van der Waals surface area contributed by atoms with Crippen LogP contribution < -0.4 is 5.48 Å². The molecule has 0 bridgehead atoms. The number of allylic oxidation sites excluding steroid dienone is 1. The van der Waals surface area contributed by atoms with Crippen molar-refractivity contribution < 1.29 is 180 Å². The zero-order valence-corrected chi connectivity index (χ0v) is 36.5. The van der Waals surface area contributed by atoms with Gasteiger partial charge >= 0.3 is 107 Å². The van der Waals surface area contributed by atoms with E-state index in [-0.39, 0.29) is 18.5 Å². The van der Waals surface area contributed by atoms with Crippen LogP contribution in [0.2, 0.25) is 18.1 Å². The van der Waals surface area contributed by atoms with Crippen LogP contribution in [0, 0.1) is 0 Å². The summed E-state index contributed by atoms with van der Waals surface area (Å²) in [6.07, 6.45) is -36.8. The second-order valence-electron chi connectivity index (χ2n) is 16.4. The molecule has 0 saturated heterocycles. The highest BCUT2D eigenvalue weighted by Gasteiger charge is 2.93. The Morgan fingerprint density at radius 2 is 0.613 bits per heavy atom. The van der Waals surface area contributed by atoms with E-state index in [1.54, 1.807) is 0 Å². The summed E-state index contributed by atoms with van der Waals surface area (Å²) in [5.74, 6) is -128. The van der Waals surface area contributed by atoms with Gasteiger partial charge in [-0.1, -0.05) is 13.3 Å². The van der Waals surface area contributed by atoms with Gasteiger partial charge in [-0.2, -0.15) is 171 Å². The molecule has 43 heteroatoms. The Hall–Kier alpha value is -3.05. The highest BCUT2D eigenvalue weighted by atomic mass is 28.4. The summed E-state index contributed by atoms with van der Waals surface area (Å²) < 4.78 is 547. The molecule has 0 aromatic rings. The second-order valence-corrected chi connectivity index (χ2v) is 20.6. The number of hydrogen-bond acceptors (Lipinski definition) is 3. The van der Waals surface area contributed by atoms with Gasteiger partial charge < -0.3 is 4.43 Å².